The molecule has 14 rings (SSSR count). The van der Waals surface area contributed by atoms with Gasteiger partial charge < -0.3 is 13.7 Å². The van der Waals surface area contributed by atoms with Crippen molar-refractivity contribution in [2.24, 2.45) is 0 Å². The van der Waals surface area contributed by atoms with Gasteiger partial charge in [-0.15, -0.1) is 0 Å². The zero-order chi connectivity index (χ0) is 84.5. The van der Waals surface area contributed by atoms with Crippen molar-refractivity contribution in [3.8, 4) is 28.2 Å². The zero-order valence-electron chi connectivity index (χ0n) is 78.9. The molecular weight excluding hydrogens is 863 g/mol. The van der Waals surface area contributed by atoms with Crippen LogP contribution in [-0.2, 0) is 0 Å². The van der Waals surface area contributed by atoms with Crippen molar-refractivity contribution in [3.63, 3.8) is 0 Å². The largest absolute Gasteiger partial charge is 0.309 e. The lowest BCUT2D eigenvalue weighted by Gasteiger charge is -2.34. The Hall–Kier alpha value is -8.96. The molecule has 0 N–H and O–H groups in total. The van der Waals surface area contributed by atoms with Crippen molar-refractivity contribution in [1.29, 1.82) is 0 Å². The second kappa shape index (κ2) is 16.1. The van der Waals surface area contributed by atoms with Gasteiger partial charge in [0.15, 0.2) is 8.07 Å². The van der Waals surface area contributed by atoms with Crippen LogP contribution in [0.4, 0.5) is 0 Å². The summed E-state index contributed by atoms with van der Waals surface area (Å²) in [6, 6.07) is -51.2. The van der Waals surface area contributed by atoms with Crippen LogP contribution in [0, 0.1) is 0 Å². The van der Waals surface area contributed by atoms with Crippen molar-refractivity contribution >= 4 is 94.2 Å². The molecule has 0 aliphatic carbocycles. The summed E-state index contributed by atoms with van der Waals surface area (Å²) < 4.78 is 414. The van der Waals surface area contributed by atoms with E-state index in [9.17, 15) is 31.5 Å². The van der Waals surface area contributed by atoms with Gasteiger partial charge in [0.1, 0.15) is 0 Å². The first-order valence-corrected chi connectivity index (χ1v) is 22.6. The molecule has 0 spiro atoms. The first-order chi connectivity index (χ1) is 53.0. The molecule has 0 saturated heterocycles. The first-order valence-electron chi connectivity index (χ1n) is 42.6. The number of aromatic nitrogens is 3. The van der Waals surface area contributed by atoms with Crippen LogP contribution in [0.5, 0.6) is 0 Å². The Morgan fingerprint density at radius 1 is 0.271 bits per heavy atom. The van der Waals surface area contributed by atoms with E-state index in [4.69, 9.17) is 28.8 Å². The average Bonchev–Trinajstić information content (AvgIpc) is 1.68. The molecule has 0 saturated carbocycles. The summed E-state index contributed by atoms with van der Waals surface area (Å²) in [5.74, 6) is 0. The zero-order valence-corrected chi connectivity index (χ0v) is 35.9. The normalized spacial score (nSPS) is 20.8. The lowest BCUT2D eigenvalue weighted by atomic mass is 10.0. The van der Waals surface area contributed by atoms with Gasteiger partial charge in [0.05, 0.1) is 99.1 Å². The van der Waals surface area contributed by atoms with Gasteiger partial charge in [0.25, 0.3) is 0 Å². The molecule has 3 nitrogen and oxygen atoms in total. The molecule has 14 aromatic rings. The Bertz CT molecular complexity index is 6610. The minimum atomic E-state index is -6.57. The highest BCUT2D eigenvalue weighted by Crippen LogP contribution is 2.41. The highest BCUT2D eigenvalue weighted by atomic mass is 28.3. The maximum absolute atomic E-state index is 10.3. The van der Waals surface area contributed by atoms with E-state index in [1.54, 1.807) is 0 Å². The minimum absolute atomic E-state index is 0.589. The second-order valence-electron chi connectivity index (χ2n) is 15.1. The number of hydrogen-bond donors (Lipinski definition) is 0. The van der Waals surface area contributed by atoms with E-state index in [0.29, 0.717) is 13.7 Å². The molecule has 0 atom stereocenters. The number of para-hydroxylation sites is 5. The average molecular weight is 952 g/mol. The topological polar surface area (TPSA) is 14.8 Å². The summed E-state index contributed by atoms with van der Waals surface area (Å²) in [5, 5.41) is -9.36. The molecule has 11 aromatic carbocycles. The third-order valence-electron chi connectivity index (χ3n) is 11.6. The molecule has 328 valence electrons. The third-order valence-corrected chi connectivity index (χ3v) is 15.6. The van der Waals surface area contributed by atoms with Crippen LogP contribution in [0.1, 0.15) is 60.3 Å². The van der Waals surface area contributed by atoms with Gasteiger partial charge in [-0.2, -0.15) is 0 Å². The molecule has 0 bridgehead atoms. The summed E-state index contributed by atoms with van der Waals surface area (Å²) in [5.41, 5.74) is -9.85. The van der Waals surface area contributed by atoms with Crippen LogP contribution in [0.2, 0.25) is 0 Å². The Kier molecular flexibility index (Phi) is 3.63. The monoisotopic (exact) mass is 952 g/mol. The highest BCUT2D eigenvalue weighted by molar-refractivity contribution is 7.19. The van der Waals surface area contributed by atoms with E-state index in [0.717, 1.165) is 6.07 Å². The van der Waals surface area contributed by atoms with Crippen LogP contribution >= 0.6 is 0 Å². The molecule has 0 amide bonds. The summed E-state index contributed by atoms with van der Waals surface area (Å²) >= 11 is 0. The minimum Gasteiger partial charge on any atom is -0.309 e. The highest BCUT2D eigenvalue weighted by Gasteiger charge is 2.41. The van der Waals surface area contributed by atoms with Crippen molar-refractivity contribution in [1.82, 2.24) is 13.7 Å². The molecule has 3 heterocycles. The quantitative estimate of drug-likeness (QED) is 0.106. The Balaban J connectivity index is 1.18. The van der Waals surface area contributed by atoms with Crippen molar-refractivity contribution < 1.29 is 60.3 Å². The smallest absolute Gasteiger partial charge is 0.179 e. The predicted molar refractivity (Wildman–Crippen MR) is 299 cm³/mol. The predicted octanol–water partition coefficient (Wildman–Crippen LogP) is 14.0. The van der Waals surface area contributed by atoms with Crippen LogP contribution in [-0.4, -0.2) is 21.8 Å². The third kappa shape index (κ3) is 6.00. The number of rotatable bonds is 8. The summed E-state index contributed by atoms with van der Waals surface area (Å²) in [6.07, 6.45) is 0. The number of nitrogens with zero attached hydrogens (tertiary/aromatic N) is 3. The molecule has 0 unspecified atom stereocenters. The van der Waals surface area contributed by atoms with Gasteiger partial charge in [-0.05, 0) is 92.8 Å². The van der Waals surface area contributed by atoms with Gasteiger partial charge in [-0.1, -0.05) is 205 Å². The molecule has 0 radical (unpaired) electrons. The van der Waals surface area contributed by atoms with Gasteiger partial charge in [0.2, 0.25) is 0 Å². The fraction of sp³-hybridized carbons (Fsp3) is 0. The van der Waals surface area contributed by atoms with Crippen LogP contribution in [0.25, 0.3) is 93.6 Å². The molecule has 70 heavy (non-hydrogen) atoms. The maximum atomic E-state index is 10.3. The molecule has 4 heteroatoms. The lowest BCUT2D eigenvalue weighted by Crippen LogP contribution is -2.74. The molecule has 0 aliphatic rings. The summed E-state index contributed by atoms with van der Waals surface area (Å²) in [7, 11) is -6.57. The van der Waals surface area contributed by atoms with Gasteiger partial charge in [0, 0.05) is 49.3 Å². The van der Waals surface area contributed by atoms with Crippen molar-refractivity contribution in [3.05, 3.63) is 272 Å². The fourth-order valence-corrected chi connectivity index (χ4v) is 12.3. The van der Waals surface area contributed by atoms with Crippen LogP contribution < -0.4 is 20.7 Å². The van der Waals surface area contributed by atoms with E-state index in [-0.39, 0.29) is 0 Å². The van der Waals surface area contributed by atoms with Crippen molar-refractivity contribution in [2.45, 2.75) is 0 Å². The molecule has 0 aliphatic heterocycles. The van der Waals surface area contributed by atoms with E-state index >= 15 is 0 Å². The molecule has 3 aromatic heterocycles. The van der Waals surface area contributed by atoms with Gasteiger partial charge in [-0.3, -0.25) is 0 Å². The van der Waals surface area contributed by atoms with E-state index in [1.807, 2.05) is 0 Å². The fourth-order valence-electron chi connectivity index (χ4n) is 8.77. The Labute approximate surface area is 468 Å². The maximum Gasteiger partial charge on any atom is 0.179 e. The number of benzene rings is 11. The van der Waals surface area contributed by atoms with Crippen molar-refractivity contribution in [2.75, 3.05) is 0 Å². The molecule has 0 fully saturated rings. The SMILES string of the molecule is [2H]c1c([2H])c([2H])c([Si](c2c([2H])c([2H])c([2H])c([2H])c2[2H])(c2c([2H])c([2H])c([2H])c([2H])c2[2H])c2c([2H])c([2H])c(-n3c4cc(-n5c6c([2H])c([2H])c([2H])c([2H])c6c6c([2H])c(-c7c([2H])c([2H])c([2H])c([2H])c7-n7c8c([2H])c([2H])c([2H])c([2H])c8c8c([2H])c([2H])c([2H])c([2H])c87)c([2H])c([2H])c65)c([2H])c([2H])c4c4c([2H])c([2H])c([2H])c([2H])c43)c([2H])c2[2H])c([2H])c1[2H]. The Morgan fingerprint density at radius 2 is 0.657 bits per heavy atom. The first kappa shape index (κ1) is 15.8. The Morgan fingerprint density at radius 3 is 1.20 bits per heavy atom. The van der Waals surface area contributed by atoms with E-state index in [1.165, 1.54) is 0 Å². The number of fused-ring (bicyclic) bond motifs is 9. The van der Waals surface area contributed by atoms with E-state index < -0.39 is 388 Å². The second-order valence-corrected chi connectivity index (χ2v) is 18.6. The van der Waals surface area contributed by atoms with E-state index in [2.05, 4.69) is 0 Å². The standard InChI is InChI=1S/C66H45N3Si/c1-4-20-49(21-5-1)70(50-22-6-2-7-23-50,51-24-8-3-9-25-51)52-40-37-47(38-41-52)67-61-32-16-11-29-56(61)58-42-39-48(45-66(58)67)68-62-33-17-14-30-57(62)59-44-46(36-43-65(59)68)53-26-10-15-31-60(53)69-63-34-18-12-27-54(63)55-28-13-19-35-64(55)69/h1-45H/i1D,2D,3D,4D,5D,6D,7D,8D,9D,10D,11D,12D,13D,14D,15D,16D,17D,18D,19D,20D,21D,22D,23D,24D,25D,26D,27D,28D,29D,30D,31D,32D,33D,34D,35D,36D,37D,38D,39D,40D,41D,42D,43D,44D. The number of hydrogen-bond acceptors (Lipinski definition) is 0. The van der Waals surface area contributed by atoms with Gasteiger partial charge >= 0.3 is 0 Å². The lowest BCUT2D eigenvalue weighted by molar-refractivity contribution is 1.15. The summed E-state index contributed by atoms with van der Waals surface area (Å²) in [6.45, 7) is 0. The van der Waals surface area contributed by atoms with Gasteiger partial charge in [-0.25, -0.2) is 0 Å². The summed E-state index contributed by atoms with van der Waals surface area (Å²) in [4.78, 5) is 0. The van der Waals surface area contributed by atoms with Crippen LogP contribution in [0.15, 0.2) is 272 Å². The molecular formula is C66H45N3Si. The van der Waals surface area contributed by atoms with Crippen LogP contribution in [0.3, 0.4) is 0 Å².